The van der Waals surface area contributed by atoms with Gasteiger partial charge in [-0.2, -0.15) is 0 Å². The van der Waals surface area contributed by atoms with Crippen molar-refractivity contribution in [2.75, 3.05) is 21.3 Å². The molecule has 0 radical (unpaired) electrons. The topological polar surface area (TPSA) is 100 Å². The van der Waals surface area contributed by atoms with E-state index in [2.05, 4.69) is 19.1 Å². The van der Waals surface area contributed by atoms with E-state index in [0.717, 1.165) is 21.3 Å². The summed E-state index contributed by atoms with van der Waals surface area (Å²) < 4.78 is 30.9. The first-order valence-electron chi connectivity index (χ1n) is 5.38. The molecule has 0 spiro atoms. The second-order valence-corrected chi connectivity index (χ2v) is 6.80. The maximum absolute atomic E-state index is 12.1. The van der Waals surface area contributed by atoms with E-state index in [1.165, 1.54) is 0 Å². The third kappa shape index (κ3) is 5.59. The molecule has 9 heteroatoms. The molecule has 0 fully saturated rings. The molecule has 0 rings (SSSR count). The molecule has 1 atom stereocenters. The highest BCUT2D eigenvalue weighted by Crippen LogP contribution is 2.50. The highest BCUT2D eigenvalue weighted by molar-refractivity contribution is 7.55. The van der Waals surface area contributed by atoms with Crippen molar-refractivity contribution in [1.82, 2.24) is 5.32 Å². The molecular formula is C10H20NO7P. The fraction of sp³-hybridized carbons (Fsp3) is 0.800. The van der Waals surface area contributed by atoms with Gasteiger partial charge in [0.2, 0.25) is 5.78 Å². The van der Waals surface area contributed by atoms with Crippen LogP contribution in [-0.2, 0) is 27.9 Å². The summed E-state index contributed by atoms with van der Waals surface area (Å²) in [6.07, 6.45) is -0.933. The first kappa shape index (κ1) is 17.9. The van der Waals surface area contributed by atoms with Crippen molar-refractivity contribution in [2.24, 2.45) is 0 Å². The standard InChI is InChI=1S/C10H20NO7P/c1-10(2,3)18-9(13)11-7(8(12)15-4)19(14,16-5)17-6/h7H,1-6H3,(H,11,13)/t7-/m0/s1. The normalized spacial score (nSPS) is 13.6. The van der Waals surface area contributed by atoms with Crippen LogP contribution in [-0.4, -0.2) is 44.8 Å². The van der Waals surface area contributed by atoms with Gasteiger partial charge in [0.1, 0.15) is 5.60 Å². The van der Waals surface area contributed by atoms with E-state index in [1.807, 2.05) is 0 Å². The van der Waals surface area contributed by atoms with Crippen molar-refractivity contribution < 1.29 is 32.7 Å². The number of alkyl carbamates (subject to hydrolysis) is 1. The van der Waals surface area contributed by atoms with Crippen molar-refractivity contribution in [1.29, 1.82) is 0 Å². The quantitative estimate of drug-likeness (QED) is 0.606. The van der Waals surface area contributed by atoms with Gasteiger partial charge in [0.15, 0.2) is 0 Å². The smallest absolute Gasteiger partial charge is 0.408 e. The summed E-state index contributed by atoms with van der Waals surface area (Å²) in [5.41, 5.74) is -0.769. The Kier molecular flexibility index (Phi) is 6.48. The third-order valence-electron chi connectivity index (χ3n) is 1.90. The minimum absolute atomic E-state index is 0.769. The SMILES string of the molecule is COC(=O)[C@@H](NC(=O)OC(C)(C)C)P(=O)(OC)OC. The minimum Gasteiger partial charge on any atom is -0.467 e. The number of rotatable bonds is 5. The van der Waals surface area contributed by atoms with E-state index in [0.29, 0.717) is 0 Å². The van der Waals surface area contributed by atoms with Gasteiger partial charge in [-0.15, -0.1) is 0 Å². The van der Waals surface area contributed by atoms with E-state index in [1.54, 1.807) is 20.8 Å². The molecule has 0 heterocycles. The van der Waals surface area contributed by atoms with Gasteiger partial charge in [-0.1, -0.05) is 0 Å². The van der Waals surface area contributed by atoms with Crippen LogP contribution in [0.25, 0.3) is 0 Å². The number of hydrogen-bond acceptors (Lipinski definition) is 7. The number of amides is 1. The van der Waals surface area contributed by atoms with Crippen LogP contribution in [0.2, 0.25) is 0 Å². The average molecular weight is 297 g/mol. The highest BCUT2D eigenvalue weighted by atomic mass is 31.2. The van der Waals surface area contributed by atoms with Crippen molar-refractivity contribution in [3.05, 3.63) is 0 Å². The van der Waals surface area contributed by atoms with Crippen molar-refractivity contribution in [3.8, 4) is 0 Å². The summed E-state index contributed by atoms with van der Waals surface area (Å²) in [7, 11) is -0.596. The summed E-state index contributed by atoms with van der Waals surface area (Å²) in [6.45, 7) is 4.93. The fourth-order valence-electron chi connectivity index (χ4n) is 1.08. The average Bonchev–Trinajstić information content (AvgIpc) is 2.32. The lowest BCUT2D eigenvalue weighted by atomic mass is 10.2. The van der Waals surface area contributed by atoms with Crippen LogP contribution < -0.4 is 5.32 Å². The Morgan fingerprint density at radius 3 is 1.89 bits per heavy atom. The molecule has 112 valence electrons. The zero-order valence-corrected chi connectivity index (χ0v) is 12.8. The number of nitrogens with one attached hydrogen (secondary N) is 1. The summed E-state index contributed by atoms with van der Waals surface area (Å²) in [5.74, 6) is -2.56. The van der Waals surface area contributed by atoms with Crippen LogP contribution in [0, 0.1) is 0 Å². The zero-order chi connectivity index (χ0) is 15.3. The van der Waals surface area contributed by atoms with Gasteiger partial charge < -0.3 is 18.5 Å². The van der Waals surface area contributed by atoms with Gasteiger partial charge in [0.05, 0.1) is 7.11 Å². The lowest BCUT2D eigenvalue weighted by Crippen LogP contribution is -2.44. The van der Waals surface area contributed by atoms with Gasteiger partial charge in [-0.3, -0.25) is 9.88 Å². The Morgan fingerprint density at radius 1 is 1.11 bits per heavy atom. The van der Waals surface area contributed by atoms with Crippen LogP contribution >= 0.6 is 7.60 Å². The van der Waals surface area contributed by atoms with E-state index < -0.39 is 31.0 Å². The Labute approximate surface area is 112 Å². The molecule has 0 aromatic carbocycles. The van der Waals surface area contributed by atoms with E-state index in [-0.39, 0.29) is 0 Å². The zero-order valence-electron chi connectivity index (χ0n) is 11.9. The van der Waals surface area contributed by atoms with Crippen LogP contribution in [0.1, 0.15) is 20.8 Å². The van der Waals surface area contributed by atoms with Crippen LogP contribution in [0.3, 0.4) is 0 Å². The fourth-order valence-corrected chi connectivity index (χ4v) is 2.28. The lowest BCUT2D eigenvalue weighted by molar-refractivity contribution is -0.141. The Bertz CT molecular complexity index is 369. The summed E-state index contributed by atoms with van der Waals surface area (Å²) in [4.78, 5) is 23.1. The summed E-state index contributed by atoms with van der Waals surface area (Å²) in [6, 6.07) is 0. The molecular weight excluding hydrogens is 277 g/mol. The lowest BCUT2D eigenvalue weighted by Gasteiger charge is -2.25. The molecule has 0 bridgehead atoms. The summed E-state index contributed by atoms with van der Waals surface area (Å²) in [5, 5.41) is 2.12. The van der Waals surface area contributed by atoms with Crippen molar-refractivity contribution >= 4 is 19.7 Å². The predicted octanol–water partition coefficient (Wildman–Crippen LogP) is 1.50. The van der Waals surface area contributed by atoms with Gasteiger partial charge in [0.25, 0.3) is 0 Å². The molecule has 1 amide bonds. The number of carbonyl (C=O) groups excluding carboxylic acids is 2. The predicted molar refractivity (Wildman–Crippen MR) is 66.8 cm³/mol. The number of esters is 1. The van der Waals surface area contributed by atoms with Gasteiger partial charge in [-0.25, -0.2) is 9.59 Å². The maximum atomic E-state index is 12.1. The molecule has 0 aliphatic heterocycles. The van der Waals surface area contributed by atoms with Crippen molar-refractivity contribution in [2.45, 2.75) is 32.2 Å². The first-order valence-corrected chi connectivity index (χ1v) is 6.99. The van der Waals surface area contributed by atoms with E-state index in [9.17, 15) is 14.2 Å². The molecule has 8 nitrogen and oxygen atoms in total. The third-order valence-corrected chi connectivity index (χ3v) is 3.89. The van der Waals surface area contributed by atoms with Crippen LogP contribution in [0.15, 0.2) is 0 Å². The second-order valence-electron chi connectivity index (χ2n) is 4.48. The highest BCUT2D eigenvalue weighted by Gasteiger charge is 2.43. The molecule has 0 saturated carbocycles. The summed E-state index contributed by atoms with van der Waals surface area (Å²) >= 11 is 0. The largest absolute Gasteiger partial charge is 0.467 e. The number of ether oxygens (including phenoxy) is 2. The Morgan fingerprint density at radius 2 is 1.58 bits per heavy atom. The molecule has 1 N–H and O–H groups in total. The molecule has 19 heavy (non-hydrogen) atoms. The molecule has 0 aromatic rings. The molecule has 0 aliphatic rings. The minimum atomic E-state index is -3.87. The van der Waals surface area contributed by atoms with E-state index >= 15 is 0 Å². The number of methoxy groups -OCH3 is 1. The maximum Gasteiger partial charge on any atom is 0.408 e. The Balaban J connectivity index is 5.05. The second kappa shape index (κ2) is 6.88. The first-order chi connectivity index (χ1) is 8.59. The van der Waals surface area contributed by atoms with Crippen molar-refractivity contribution in [3.63, 3.8) is 0 Å². The van der Waals surface area contributed by atoms with Gasteiger partial charge in [0, 0.05) is 14.2 Å². The van der Waals surface area contributed by atoms with Gasteiger partial charge >= 0.3 is 19.7 Å². The van der Waals surface area contributed by atoms with E-state index in [4.69, 9.17) is 4.74 Å². The Hall–Kier alpha value is -1.11. The number of hydrogen-bond donors (Lipinski definition) is 1. The molecule has 0 saturated heterocycles. The molecule has 0 unspecified atom stereocenters. The molecule has 0 aromatic heterocycles. The molecule has 0 aliphatic carbocycles. The van der Waals surface area contributed by atoms with Crippen LogP contribution in [0.5, 0.6) is 0 Å². The van der Waals surface area contributed by atoms with Gasteiger partial charge in [-0.05, 0) is 20.8 Å². The van der Waals surface area contributed by atoms with Crippen LogP contribution in [0.4, 0.5) is 4.79 Å². The monoisotopic (exact) mass is 297 g/mol. The number of carbonyl (C=O) groups is 2.